The van der Waals surface area contributed by atoms with Crippen LogP contribution in [0.1, 0.15) is 75.2 Å². The Morgan fingerprint density at radius 1 is 1.35 bits per heavy atom. The molecule has 0 amide bonds. The lowest BCUT2D eigenvalue weighted by Gasteiger charge is -2.29. The normalized spacial score (nSPS) is 19.8. The molecule has 0 saturated heterocycles. The highest BCUT2D eigenvalue weighted by atomic mass is 16.5. The molecule has 1 unspecified atom stereocenters. The first-order valence-corrected chi connectivity index (χ1v) is 7.76. The van der Waals surface area contributed by atoms with E-state index in [-0.39, 0.29) is 6.10 Å². The summed E-state index contributed by atoms with van der Waals surface area (Å²) in [6, 6.07) is 0. The SMILES string of the molecule is CCOC(c1ncc([C@@H](C)O)c(C)n1)C1CCCCC1. The molecule has 1 aromatic rings. The van der Waals surface area contributed by atoms with Crippen LogP contribution in [-0.4, -0.2) is 21.7 Å². The van der Waals surface area contributed by atoms with Crippen LogP contribution in [0.5, 0.6) is 0 Å². The summed E-state index contributed by atoms with van der Waals surface area (Å²) in [4.78, 5) is 9.05. The third kappa shape index (κ3) is 3.55. The molecule has 0 bridgehead atoms. The second kappa shape index (κ2) is 7.14. The Morgan fingerprint density at radius 2 is 2.05 bits per heavy atom. The maximum absolute atomic E-state index is 9.67. The van der Waals surface area contributed by atoms with Crippen LogP contribution in [0.4, 0.5) is 0 Å². The van der Waals surface area contributed by atoms with E-state index < -0.39 is 6.10 Å². The summed E-state index contributed by atoms with van der Waals surface area (Å²) in [5, 5.41) is 9.67. The molecule has 1 fully saturated rings. The van der Waals surface area contributed by atoms with Gasteiger partial charge >= 0.3 is 0 Å². The predicted octanol–water partition coefficient (Wildman–Crippen LogP) is 3.50. The number of nitrogens with zero attached hydrogens (tertiary/aromatic N) is 2. The molecule has 1 heterocycles. The Balaban J connectivity index is 2.22. The zero-order valence-corrected chi connectivity index (χ0v) is 12.8. The molecule has 4 heteroatoms. The van der Waals surface area contributed by atoms with E-state index in [0.717, 1.165) is 17.1 Å². The molecular formula is C16H26N2O2. The van der Waals surface area contributed by atoms with Crippen molar-refractivity contribution in [1.29, 1.82) is 0 Å². The Morgan fingerprint density at radius 3 is 2.60 bits per heavy atom. The molecule has 0 aromatic carbocycles. The van der Waals surface area contributed by atoms with Crippen molar-refractivity contribution in [1.82, 2.24) is 9.97 Å². The quantitative estimate of drug-likeness (QED) is 0.895. The van der Waals surface area contributed by atoms with Crippen molar-refractivity contribution in [2.75, 3.05) is 6.61 Å². The van der Waals surface area contributed by atoms with E-state index in [9.17, 15) is 5.11 Å². The third-order valence-corrected chi connectivity index (χ3v) is 4.16. The highest BCUT2D eigenvalue weighted by Crippen LogP contribution is 2.35. The van der Waals surface area contributed by atoms with Crippen molar-refractivity contribution in [2.24, 2.45) is 5.92 Å². The summed E-state index contributed by atoms with van der Waals surface area (Å²) < 4.78 is 5.94. The Hall–Kier alpha value is -1.00. The fraction of sp³-hybridized carbons (Fsp3) is 0.750. The molecular weight excluding hydrogens is 252 g/mol. The van der Waals surface area contributed by atoms with Gasteiger partial charge in [-0.15, -0.1) is 0 Å². The standard InChI is InChI=1S/C16H26N2O2/c1-4-20-15(13-8-6-5-7-9-13)16-17-10-14(12(3)19)11(2)18-16/h10,12-13,15,19H,4-9H2,1-3H3/t12-,15?/m1/s1. The van der Waals surface area contributed by atoms with Crippen LogP contribution in [0.25, 0.3) is 0 Å². The lowest BCUT2D eigenvalue weighted by Crippen LogP contribution is -2.22. The second-order valence-electron chi connectivity index (χ2n) is 5.72. The summed E-state index contributed by atoms with van der Waals surface area (Å²) in [7, 11) is 0. The molecule has 20 heavy (non-hydrogen) atoms. The van der Waals surface area contributed by atoms with E-state index in [1.807, 2.05) is 13.8 Å². The van der Waals surface area contributed by atoms with Crippen LogP contribution in [0.15, 0.2) is 6.20 Å². The minimum absolute atomic E-state index is 0.00190. The molecule has 1 N–H and O–H groups in total. The third-order valence-electron chi connectivity index (χ3n) is 4.16. The van der Waals surface area contributed by atoms with E-state index in [2.05, 4.69) is 9.97 Å². The van der Waals surface area contributed by atoms with Crippen LogP contribution >= 0.6 is 0 Å². The largest absolute Gasteiger partial charge is 0.389 e. The van der Waals surface area contributed by atoms with Gasteiger partial charge in [0.05, 0.1) is 6.10 Å². The number of aliphatic hydroxyl groups excluding tert-OH is 1. The second-order valence-corrected chi connectivity index (χ2v) is 5.72. The van der Waals surface area contributed by atoms with E-state index >= 15 is 0 Å². The first kappa shape index (κ1) is 15.4. The topological polar surface area (TPSA) is 55.2 Å². The fourth-order valence-electron chi connectivity index (χ4n) is 3.08. The zero-order valence-electron chi connectivity index (χ0n) is 12.8. The molecule has 1 aromatic heterocycles. The number of ether oxygens (including phenoxy) is 1. The highest BCUT2D eigenvalue weighted by molar-refractivity contribution is 5.19. The predicted molar refractivity (Wildman–Crippen MR) is 78.3 cm³/mol. The van der Waals surface area contributed by atoms with Crippen molar-refractivity contribution >= 4 is 0 Å². The molecule has 0 spiro atoms. The zero-order chi connectivity index (χ0) is 14.5. The van der Waals surface area contributed by atoms with Gasteiger partial charge in [-0.3, -0.25) is 0 Å². The average Bonchev–Trinajstić information content (AvgIpc) is 2.45. The number of aromatic nitrogens is 2. The van der Waals surface area contributed by atoms with Crippen molar-refractivity contribution in [2.45, 2.75) is 65.1 Å². The van der Waals surface area contributed by atoms with Crippen LogP contribution in [0.2, 0.25) is 0 Å². The van der Waals surface area contributed by atoms with Gasteiger partial charge in [0.25, 0.3) is 0 Å². The van der Waals surface area contributed by atoms with E-state index in [4.69, 9.17) is 4.74 Å². The van der Waals surface area contributed by atoms with Gasteiger partial charge in [0.15, 0.2) is 5.82 Å². The molecule has 0 radical (unpaired) electrons. The van der Waals surface area contributed by atoms with Crippen molar-refractivity contribution < 1.29 is 9.84 Å². The molecule has 4 nitrogen and oxygen atoms in total. The minimum atomic E-state index is -0.524. The first-order valence-electron chi connectivity index (χ1n) is 7.76. The Kier molecular flexibility index (Phi) is 5.49. The van der Waals surface area contributed by atoms with E-state index in [1.54, 1.807) is 13.1 Å². The van der Waals surface area contributed by atoms with Gasteiger partial charge < -0.3 is 9.84 Å². The first-order chi connectivity index (χ1) is 9.63. The lowest BCUT2D eigenvalue weighted by atomic mass is 9.85. The van der Waals surface area contributed by atoms with Crippen LogP contribution in [0.3, 0.4) is 0 Å². The number of aliphatic hydroxyl groups is 1. The number of hydrogen-bond donors (Lipinski definition) is 1. The monoisotopic (exact) mass is 278 g/mol. The van der Waals surface area contributed by atoms with Crippen LogP contribution in [-0.2, 0) is 4.74 Å². The van der Waals surface area contributed by atoms with Gasteiger partial charge in [0.2, 0.25) is 0 Å². The Labute approximate surface area is 121 Å². The summed E-state index contributed by atoms with van der Waals surface area (Å²) in [6.07, 6.45) is 7.51. The molecule has 1 aliphatic rings. The van der Waals surface area contributed by atoms with Gasteiger partial charge in [-0.05, 0) is 39.5 Å². The van der Waals surface area contributed by atoms with Crippen molar-refractivity contribution in [3.05, 3.63) is 23.3 Å². The van der Waals surface area contributed by atoms with Crippen molar-refractivity contribution in [3.63, 3.8) is 0 Å². The maximum Gasteiger partial charge on any atom is 0.157 e. The number of hydrogen-bond acceptors (Lipinski definition) is 4. The van der Waals surface area contributed by atoms with E-state index in [0.29, 0.717) is 12.5 Å². The molecule has 2 atom stereocenters. The van der Waals surface area contributed by atoms with Gasteiger partial charge in [-0.25, -0.2) is 9.97 Å². The van der Waals surface area contributed by atoms with Crippen molar-refractivity contribution in [3.8, 4) is 0 Å². The van der Waals surface area contributed by atoms with Gasteiger partial charge in [0, 0.05) is 24.1 Å². The molecule has 112 valence electrons. The molecule has 1 saturated carbocycles. The van der Waals surface area contributed by atoms with Crippen LogP contribution in [0, 0.1) is 12.8 Å². The number of rotatable bonds is 5. The smallest absolute Gasteiger partial charge is 0.157 e. The maximum atomic E-state index is 9.67. The molecule has 0 aliphatic heterocycles. The molecule has 1 aliphatic carbocycles. The summed E-state index contributed by atoms with van der Waals surface area (Å²) >= 11 is 0. The summed E-state index contributed by atoms with van der Waals surface area (Å²) in [6.45, 7) is 6.37. The highest BCUT2D eigenvalue weighted by Gasteiger charge is 2.28. The Bertz CT molecular complexity index is 428. The fourth-order valence-corrected chi connectivity index (χ4v) is 3.08. The number of aryl methyl sites for hydroxylation is 1. The van der Waals surface area contributed by atoms with Crippen LogP contribution < -0.4 is 0 Å². The summed E-state index contributed by atoms with van der Waals surface area (Å²) in [5.41, 5.74) is 1.65. The van der Waals surface area contributed by atoms with E-state index in [1.165, 1.54) is 32.1 Å². The van der Waals surface area contributed by atoms with Gasteiger partial charge in [0.1, 0.15) is 6.10 Å². The molecule has 2 rings (SSSR count). The van der Waals surface area contributed by atoms with Gasteiger partial charge in [-0.2, -0.15) is 0 Å². The lowest BCUT2D eigenvalue weighted by molar-refractivity contribution is -0.000404. The average molecular weight is 278 g/mol. The summed E-state index contributed by atoms with van der Waals surface area (Å²) in [5.74, 6) is 1.31. The van der Waals surface area contributed by atoms with Gasteiger partial charge in [-0.1, -0.05) is 19.3 Å². The minimum Gasteiger partial charge on any atom is -0.389 e.